The molecule has 13 heavy (non-hydrogen) atoms. The Hall–Kier alpha value is -0.290. The van der Waals surface area contributed by atoms with E-state index in [0.717, 1.165) is 16.9 Å². The van der Waals surface area contributed by atoms with Crippen LogP contribution in [0.5, 0.6) is 0 Å². The summed E-state index contributed by atoms with van der Waals surface area (Å²) in [5, 5.41) is 0. The van der Waals surface area contributed by atoms with Gasteiger partial charge in [0.1, 0.15) is 0 Å². The van der Waals surface area contributed by atoms with E-state index in [1.54, 1.807) is 6.07 Å². The first-order valence-electron chi connectivity index (χ1n) is 3.44. The van der Waals surface area contributed by atoms with Gasteiger partial charge >= 0.3 is 6.18 Å². The monoisotopic (exact) mass is 224 g/mol. The van der Waals surface area contributed by atoms with Crippen molar-refractivity contribution in [2.45, 2.75) is 18.0 Å². The average Bonchev–Trinajstić information content (AvgIpc) is 2.03. The second-order valence-electron chi connectivity index (χ2n) is 2.57. The minimum atomic E-state index is -4.27. The highest BCUT2D eigenvalue weighted by Gasteiger charge is 2.32. The van der Waals surface area contributed by atoms with E-state index in [0.29, 0.717) is 4.90 Å². The summed E-state index contributed by atoms with van der Waals surface area (Å²) in [6, 6.07) is 4.16. The number of hydrogen-bond acceptors (Lipinski definition) is 2. The van der Waals surface area contributed by atoms with Crippen LogP contribution in [-0.4, -0.2) is 0 Å². The maximum atomic E-state index is 12.3. The Morgan fingerprint density at radius 3 is 2.38 bits per heavy atom. The molecule has 0 unspecified atom stereocenters. The predicted octanol–water partition coefficient (Wildman–Crippen LogP) is 3.95. The molecule has 0 atom stereocenters. The van der Waals surface area contributed by atoms with Crippen molar-refractivity contribution in [3.63, 3.8) is 0 Å². The molecule has 72 valence electrons. The van der Waals surface area contributed by atoms with Gasteiger partial charge in [0, 0.05) is 4.90 Å². The van der Waals surface area contributed by atoms with Crippen molar-refractivity contribution in [2.24, 2.45) is 0 Å². The van der Waals surface area contributed by atoms with E-state index in [2.05, 4.69) is 11.7 Å². The SMILES string of the molecule is Cc1ccc(SS)cc1C(F)(F)F. The van der Waals surface area contributed by atoms with E-state index in [1.807, 2.05) is 0 Å². The Labute approximate surface area is 83.3 Å². The first kappa shape index (κ1) is 10.8. The first-order valence-corrected chi connectivity index (χ1v) is 5.31. The highest BCUT2D eigenvalue weighted by atomic mass is 33.1. The molecule has 1 aromatic carbocycles. The summed E-state index contributed by atoms with van der Waals surface area (Å²) in [5.74, 6) is 0. The number of thiol groups is 1. The molecule has 0 aromatic heterocycles. The van der Waals surface area contributed by atoms with Gasteiger partial charge < -0.3 is 0 Å². The fourth-order valence-electron chi connectivity index (χ4n) is 0.963. The van der Waals surface area contributed by atoms with Crippen LogP contribution >= 0.6 is 22.5 Å². The van der Waals surface area contributed by atoms with Gasteiger partial charge in [-0.3, -0.25) is 0 Å². The number of hydrogen-bond donors (Lipinski definition) is 1. The number of benzene rings is 1. The lowest BCUT2D eigenvalue weighted by atomic mass is 10.1. The zero-order valence-electron chi connectivity index (χ0n) is 6.72. The molecule has 0 nitrogen and oxygen atoms in total. The van der Waals surface area contributed by atoms with Crippen LogP contribution in [0.3, 0.4) is 0 Å². The highest BCUT2D eigenvalue weighted by molar-refractivity contribution is 8.68. The molecule has 5 heteroatoms. The molecule has 1 aromatic rings. The van der Waals surface area contributed by atoms with Gasteiger partial charge in [-0.05, 0) is 24.6 Å². The Balaban J connectivity index is 3.19. The van der Waals surface area contributed by atoms with Gasteiger partial charge in [-0.2, -0.15) is 13.2 Å². The normalized spacial score (nSPS) is 11.8. The molecule has 0 aliphatic rings. The third-order valence-electron chi connectivity index (χ3n) is 1.62. The molecule has 0 spiro atoms. The summed E-state index contributed by atoms with van der Waals surface area (Å²) in [7, 11) is 1.00. The molecule has 0 saturated carbocycles. The van der Waals surface area contributed by atoms with E-state index in [1.165, 1.54) is 13.0 Å². The van der Waals surface area contributed by atoms with Gasteiger partial charge in [0.25, 0.3) is 0 Å². The molecule has 0 amide bonds. The molecular formula is C8H7F3S2. The minimum Gasteiger partial charge on any atom is -0.166 e. The van der Waals surface area contributed by atoms with Crippen LogP contribution in [0.1, 0.15) is 11.1 Å². The van der Waals surface area contributed by atoms with Gasteiger partial charge in [0.15, 0.2) is 0 Å². The van der Waals surface area contributed by atoms with Gasteiger partial charge in [-0.15, -0.1) is 11.7 Å². The topological polar surface area (TPSA) is 0 Å². The summed E-state index contributed by atoms with van der Waals surface area (Å²) < 4.78 is 37.0. The lowest BCUT2D eigenvalue weighted by molar-refractivity contribution is -0.138. The standard InChI is InChI=1S/C8H7F3S2/c1-5-2-3-6(13-12)4-7(5)8(9,10)11/h2-4,12H,1H3. The lowest BCUT2D eigenvalue weighted by Crippen LogP contribution is -2.07. The van der Waals surface area contributed by atoms with E-state index < -0.39 is 11.7 Å². The number of halogens is 3. The van der Waals surface area contributed by atoms with Crippen molar-refractivity contribution in [3.05, 3.63) is 29.3 Å². The molecular weight excluding hydrogens is 217 g/mol. The summed E-state index contributed by atoms with van der Waals surface area (Å²) in [4.78, 5) is 0.501. The lowest BCUT2D eigenvalue weighted by Gasteiger charge is -2.10. The minimum absolute atomic E-state index is 0.235. The van der Waals surface area contributed by atoms with Crippen LogP contribution < -0.4 is 0 Å². The van der Waals surface area contributed by atoms with Crippen molar-refractivity contribution in [2.75, 3.05) is 0 Å². The Morgan fingerprint density at radius 1 is 1.31 bits per heavy atom. The van der Waals surface area contributed by atoms with Crippen molar-refractivity contribution in [1.82, 2.24) is 0 Å². The molecule has 0 N–H and O–H groups in total. The quantitative estimate of drug-likeness (QED) is 0.556. The predicted molar refractivity (Wildman–Crippen MR) is 51.0 cm³/mol. The van der Waals surface area contributed by atoms with E-state index >= 15 is 0 Å². The van der Waals surface area contributed by atoms with E-state index in [9.17, 15) is 13.2 Å². The summed E-state index contributed by atoms with van der Waals surface area (Å²) in [5.41, 5.74) is -0.356. The second kappa shape index (κ2) is 3.84. The average molecular weight is 224 g/mol. The van der Waals surface area contributed by atoms with Gasteiger partial charge in [0.2, 0.25) is 0 Å². The molecule has 0 bridgehead atoms. The Morgan fingerprint density at radius 2 is 1.92 bits per heavy atom. The van der Waals surface area contributed by atoms with Crippen molar-refractivity contribution in [1.29, 1.82) is 0 Å². The van der Waals surface area contributed by atoms with E-state index in [4.69, 9.17) is 0 Å². The smallest absolute Gasteiger partial charge is 0.166 e. The number of aryl methyl sites for hydroxylation is 1. The molecule has 0 saturated heterocycles. The molecule has 0 fully saturated rings. The summed E-state index contributed by atoms with van der Waals surface area (Å²) in [6.07, 6.45) is -4.27. The van der Waals surface area contributed by atoms with Gasteiger partial charge in [-0.1, -0.05) is 16.9 Å². The molecule has 0 aliphatic heterocycles. The molecule has 0 radical (unpaired) electrons. The van der Waals surface area contributed by atoms with Crippen molar-refractivity contribution >= 4 is 22.5 Å². The second-order valence-corrected chi connectivity index (χ2v) is 3.77. The Bertz CT molecular complexity index is 307. The zero-order chi connectivity index (χ0) is 10.1. The third kappa shape index (κ3) is 2.57. The van der Waals surface area contributed by atoms with Gasteiger partial charge in [0.05, 0.1) is 5.56 Å². The molecule has 1 rings (SSSR count). The molecule has 0 aliphatic carbocycles. The van der Waals surface area contributed by atoms with Crippen molar-refractivity contribution < 1.29 is 13.2 Å². The Kier molecular flexibility index (Phi) is 3.18. The zero-order valence-corrected chi connectivity index (χ0v) is 8.43. The maximum Gasteiger partial charge on any atom is 0.416 e. The van der Waals surface area contributed by atoms with Crippen LogP contribution in [-0.2, 0) is 6.18 Å². The molecule has 0 heterocycles. The fraction of sp³-hybridized carbons (Fsp3) is 0.250. The number of rotatable bonds is 1. The third-order valence-corrected chi connectivity index (χ3v) is 2.72. The highest BCUT2D eigenvalue weighted by Crippen LogP contribution is 2.34. The van der Waals surface area contributed by atoms with Gasteiger partial charge in [-0.25, -0.2) is 0 Å². The largest absolute Gasteiger partial charge is 0.416 e. The fourth-order valence-corrected chi connectivity index (χ4v) is 1.60. The summed E-state index contributed by atoms with van der Waals surface area (Å²) >= 11 is 3.84. The van der Waals surface area contributed by atoms with Crippen LogP contribution in [0.25, 0.3) is 0 Å². The van der Waals surface area contributed by atoms with E-state index in [-0.39, 0.29) is 5.56 Å². The number of alkyl halides is 3. The van der Waals surface area contributed by atoms with Crippen LogP contribution in [0.2, 0.25) is 0 Å². The van der Waals surface area contributed by atoms with Crippen molar-refractivity contribution in [3.8, 4) is 0 Å². The summed E-state index contributed by atoms with van der Waals surface area (Å²) in [6.45, 7) is 1.44. The van der Waals surface area contributed by atoms with Crippen LogP contribution in [0.4, 0.5) is 13.2 Å². The van der Waals surface area contributed by atoms with Crippen LogP contribution in [0, 0.1) is 6.92 Å². The van der Waals surface area contributed by atoms with Crippen LogP contribution in [0.15, 0.2) is 23.1 Å². The first-order chi connectivity index (χ1) is 5.95. The maximum absolute atomic E-state index is 12.3.